The molecular weight excluding hydrogens is 315 g/mol. The first kappa shape index (κ1) is 13.7. The monoisotopic (exact) mass is 320 g/mol. The van der Waals surface area contributed by atoms with Crippen molar-refractivity contribution in [1.29, 1.82) is 0 Å². The van der Waals surface area contributed by atoms with E-state index in [1.54, 1.807) is 12.1 Å². The van der Waals surface area contributed by atoms with Gasteiger partial charge in [-0.2, -0.15) is 0 Å². The van der Waals surface area contributed by atoms with E-state index in [1.807, 2.05) is 0 Å². The summed E-state index contributed by atoms with van der Waals surface area (Å²) in [6.07, 6.45) is 0. The zero-order chi connectivity index (χ0) is 13.3. The second kappa shape index (κ2) is 5.10. The third-order valence-corrected chi connectivity index (χ3v) is 5.27. The van der Waals surface area contributed by atoms with Crippen molar-refractivity contribution in [2.24, 2.45) is 0 Å². The molecule has 0 fully saturated rings. The number of rotatable bonds is 2. The molecule has 2 aromatic rings. The van der Waals surface area contributed by atoms with Gasteiger partial charge in [-0.15, -0.1) is 0 Å². The molecule has 94 valence electrons. The molecule has 0 bridgehead atoms. The van der Waals surface area contributed by atoms with Crippen molar-refractivity contribution in [2.75, 3.05) is 0 Å². The van der Waals surface area contributed by atoms with Crippen molar-refractivity contribution in [3.05, 3.63) is 57.5 Å². The molecule has 0 amide bonds. The van der Waals surface area contributed by atoms with Crippen LogP contribution in [0.5, 0.6) is 0 Å². The molecule has 0 spiro atoms. The summed E-state index contributed by atoms with van der Waals surface area (Å²) in [5.41, 5.74) is 0. The molecule has 0 atom stereocenters. The van der Waals surface area contributed by atoms with E-state index < -0.39 is 9.84 Å². The Kier molecular flexibility index (Phi) is 3.87. The highest BCUT2D eigenvalue weighted by Crippen LogP contribution is 2.33. The lowest BCUT2D eigenvalue weighted by molar-refractivity contribution is 0.596. The Bertz CT molecular complexity index is 696. The van der Waals surface area contributed by atoms with E-state index in [1.165, 1.54) is 30.3 Å². The number of sulfone groups is 1. The van der Waals surface area contributed by atoms with E-state index in [0.717, 1.165) is 0 Å². The van der Waals surface area contributed by atoms with Gasteiger partial charge in [-0.05, 0) is 30.3 Å². The molecule has 18 heavy (non-hydrogen) atoms. The van der Waals surface area contributed by atoms with Gasteiger partial charge in [0.15, 0.2) is 0 Å². The van der Waals surface area contributed by atoms with E-state index in [2.05, 4.69) is 0 Å². The average molecular weight is 322 g/mol. The van der Waals surface area contributed by atoms with Gasteiger partial charge in [0.25, 0.3) is 0 Å². The molecule has 0 saturated heterocycles. The maximum atomic E-state index is 12.4. The number of hydrogen-bond donors (Lipinski definition) is 0. The van der Waals surface area contributed by atoms with Crippen LogP contribution >= 0.6 is 34.8 Å². The van der Waals surface area contributed by atoms with Crippen LogP contribution in [0.3, 0.4) is 0 Å². The second-order valence-corrected chi connectivity index (χ2v) is 6.65. The number of halogens is 3. The number of benzene rings is 2. The molecule has 2 rings (SSSR count). The topological polar surface area (TPSA) is 34.1 Å². The van der Waals surface area contributed by atoms with Gasteiger partial charge in [0.05, 0.1) is 19.8 Å². The first-order chi connectivity index (χ1) is 8.43. The lowest BCUT2D eigenvalue weighted by atomic mass is 10.4. The lowest BCUT2D eigenvalue weighted by Gasteiger charge is -2.07. The van der Waals surface area contributed by atoms with Gasteiger partial charge >= 0.3 is 0 Å². The van der Waals surface area contributed by atoms with Crippen LogP contribution in [0.4, 0.5) is 0 Å². The predicted molar refractivity (Wildman–Crippen MR) is 73.4 cm³/mol. The summed E-state index contributed by atoms with van der Waals surface area (Å²) in [5, 5.41) is 0.549. The van der Waals surface area contributed by atoms with E-state index >= 15 is 0 Å². The van der Waals surface area contributed by atoms with E-state index in [-0.39, 0.29) is 19.8 Å². The molecule has 0 unspecified atom stereocenters. The summed E-state index contributed by atoms with van der Waals surface area (Å²) in [7, 11) is -3.72. The zero-order valence-corrected chi connectivity index (χ0v) is 12.0. The van der Waals surface area contributed by atoms with Gasteiger partial charge in [-0.25, -0.2) is 8.42 Å². The highest BCUT2D eigenvalue weighted by molar-refractivity contribution is 7.91. The average Bonchev–Trinajstić information content (AvgIpc) is 2.32. The summed E-state index contributed by atoms with van der Waals surface area (Å²) in [6.45, 7) is 0. The third kappa shape index (κ3) is 2.50. The standard InChI is InChI=1S/C12H7Cl3O2S/c13-8-3-1-4-9(7-8)18(16,17)11-6-2-5-10(14)12(11)15/h1-7H. The molecule has 2 nitrogen and oxygen atoms in total. The normalized spacial score (nSPS) is 11.5. The van der Waals surface area contributed by atoms with Crippen LogP contribution in [0, 0.1) is 0 Å². The van der Waals surface area contributed by atoms with Crippen LogP contribution in [-0.4, -0.2) is 8.42 Å². The molecule has 0 heterocycles. The van der Waals surface area contributed by atoms with Gasteiger partial charge in [0.1, 0.15) is 0 Å². The van der Waals surface area contributed by atoms with Gasteiger partial charge in [0, 0.05) is 5.02 Å². The number of hydrogen-bond acceptors (Lipinski definition) is 2. The Morgan fingerprint density at radius 3 is 2.22 bits per heavy atom. The Labute approximate surface area is 120 Å². The minimum atomic E-state index is -3.72. The highest BCUT2D eigenvalue weighted by Gasteiger charge is 2.22. The van der Waals surface area contributed by atoms with Gasteiger partial charge < -0.3 is 0 Å². The summed E-state index contributed by atoms with van der Waals surface area (Å²) < 4.78 is 24.7. The smallest absolute Gasteiger partial charge is 0.208 e. The van der Waals surface area contributed by atoms with Crippen LogP contribution < -0.4 is 0 Å². The van der Waals surface area contributed by atoms with E-state index in [9.17, 15) is 8.42 Å². The van der Waals surface area contributed by atoms with Crippen molar-refractivity contribution in [3.8, 4) is 0 Å². The molecule has 0 saturated carbocycles. The summed E-state index contributed by atoms with van der Waals surface area (Å²) >= 11 is 17.5. The summed E-state index contributed by atoms with van der Waals surface area (Å²) in [5.74, 6) is 0. The van der Waals surface area contributed by atoms with E-state index in [4.69, 9.17) is 34.8 Å². The van der Waals surface area contributed by atoms with Crippen LogP contribution in [0.25, 0.3) is 0 Å². The highest BCUT2D eigenvalue weighted by atomic mass is 35.5. The van der Waals surface area contributed by atoms with E-state index in [0.29, 0.717) is 5.02 Å². The summed E-state index contributed by atoms with van der Waals surface area (Å²) in [6, 6.07) is 10.5. The van der Waals surface area contributed by atoms with Crippen molar-refractivity contribution in [1.82, 2.24) is 0 Å². The Morgan fingerprint density at radius 2 is 1.56 bits per heavy atom. The molecule has 0 aliphatic heterocycles. The van der Waals surface area contributed by atoms with Crippen LogP contribution in [0.1, 0.15) is 0 Å². The van der Waals surface area contributed by atoms with Crippen LogP contribution in [0.15, 0.2) is 52.3 Å². The first-order valence-electron chi connectivity index (χ1n) is 4.87. The van der Waals surface area contributed by atoms with Crippen LogP contribution in [0.2, 0.25) is 15.1 Å². The molecule has 0 N–H and O–H groups in total. The minimum Gasteiger partial charge on any atom is -0.218 e. The fourth-order valence-corrected chi connectivity index (χ4v) is 3.77. The maximum Gasteiger partial charge on any atom is 0.208 e. The Balaban J connectivity index is 2.66. The maximum absolute atomic E-state index is 12.4. The largest absolute Gasteiger partial charge is 0.218 e. The first-order valence-corrected chi connectivity index (χ1v) is 7.49. The molecule has 0 aromatic heterocycles. The molecule has 6 heteroatoms. The fraction of sp³-hybridized carbons (Fsp3) is 0. The second-order valence-electron chi connectivity index (χ2n) is 3.51. The van der Waals surface area contributed by atoms with Gasteiger partial charge in [-0.1, -0.05) is 46.9 Å². The molecular formula is C12H7Cl3O2S. The zero-order valence-electron chi connectivity index (χ0n) is 8.90. The summed E-state index contributed by atoms with van der Waals surface area (Å²) in [4.78, 5) is 0.0538. The van der Waals surface area contributed by atoms with Crippen LogP contribution in [-0.2, 0) is 9.84 Å². The van der Waals surface area contributed by atoms with Crippen molar-refractivity contribution in [2.45, 2.75) is 9.79 Å². The Morgan fingerprint density at radius 1 is 0.889 bits per heavy atom. The van der Waals surface area contributed by atoms with Gasteiger partial charge in [-0.3, -0.25) is 0 Å². The SMILES string of the molecule is O=S(=O)(c1cccc(Cl)c1)c1cccc(Cl)c1Cl. The molecule has 0 aliphatic carbocycles. The van der Waals surface area contributed by atoms with Crippen molar-refractivity contribution in [3.63, 3.8) is 0 Å². The lowest BCUT2D eigenvalue weighted by Crippen LogP contribution is -2.02. The molecule has 0 radical (unpaired) electrons. The molecule has 0 aliphatic rings. The van der Waals surface area contributed by atoms with Crippen molar-refractivity contribution >= 4 is 44.6 Å². The predicted octanol–water partition coefficient (Wildman–Crippen LogP) is 4.48. The van der Waals surface area contributed by atoms with Crippen molar-refractivity contribution < 1.29 is 8.42 Å². The fourth-order valence-electron chi connectivity index (χ4n) is 1.45. The Hall–Kier alpha value is -0.740. The third-order valence-electron chi connectivity index (χ3n) is 2.31. The minimum absolute atomic E-state index is 0.0131. The quantitative estimate of drug-likeness (QED) is 0.817. The molecule has 2 aromatic carbocycles. The van der Waals surface area contributed by atoms with Gasteiger partial charge in [0.2, 0.25) is 9.84 Å².